The fourth-order valence-electron chi connectivity index (χ4n) is 3.77. The maximum atomic E-state index is 12.8. The average molecular weight is 296 g/mol. The summed E-state index contributed by atoms with van der Waals surface area (Å²) in [6.45, 7) is 3.73. The van der Waals surface area contributed by atoms with Crippen LogP contribution in [0.5, 0.6) is 0 Å². The summed E-state index contributed by atoms with van der Waals surface area (Å²) in [5.74, 6) is 0.624. The minimum Gasteiger partial charge on any atom is -0.375 e. The van der Waals surface area contributed by atoms with E-state index in [-0.39, 0.29) is 5.91 Å². The molecule has 4 heteroatoms. The topological polar surface area (TPSA) is 42.4 Å². The molecule has 2 aliphatic rings. The molecule has 0 spiro atoms. The highest BCUT2D eigenvalue weighted by atomic mass is 16.5. The van der Waals surface area contributed by atoms with Crippen molar-refractivity contribution in [1.29, 1.82) is 0 Å². The molecule has 3 atom stereocenters. The number of hydrogen-bond donors (Lipinski definition) is 0. The predicted molar refractivity (Wildman–Crippen MR) is 84.7 cm³/mol. The molecular formula is C18H20N2O2. The third kappa shape index (κ3) is 2.37. The summed E-state index contributed by atoms with van der Waals surface area (Å²) in [6.07, 6.45) is 4.47. The predicted octanol–water partition coefficient (Wildman–Crippen LogP) is 2.87. The first-order valence-corrected chi connectivity index (χ1v) is 8.00. The largest absolute Gasteiger partial charge is 0.375 e. The lowest BCUT2D eigenvalue weighted by Gasteiger charge is -2.34. The molecule has 0 radical (unpaired) electrons. The van der Waals surface area contributed by atoms with Crippen molar-refractivity contribution in [2.24, 2.45) is 5.92 Å². The quantitative estimate of drug-likeness (QED) is 0.812. The van der Waals surface area contributed by atoms with Gasteiger partial charge in [-0.05, 0) is 44.0 Å². The molecule has 22 heavy (non-hydrogen) atoms. The van der Waals surface area contributed by atoms with E-state index in [1.165, 1.54) is 0 Å². The Kier molecular flexibility index (Phi) is 3.34. The zero-order chi connectivity index (χ0) is 15.1. The first kappa shape index (κ1) is 13.7. The fourth-order valence-corrected chi connectivity index (χ4v) is 3.77. The molecule has 0 bridgehead atoms. The first-order valence-electron chi connectivity index (χ1n) is 8.00. The number of ether oxygens (including phenoxy) is 1. The average Bonchev–Trinajstić information content (AvgIpc) is 2.92. The van der Waals surface area contributed by atoms with E-state index < -0.39 is 0 Å². The highest BCUT2D eigenvalue weighted by Crippen LogP contribution is 2.33. The van der Waals surface area contributed by atoms with Gasteiger partial charge < -0.3 is 9.64 Å². The summed E-state index contributed by atoms with van der Waals surface area (Å²) in [5, 5.41) is 1.01. The standard InChI is InChI=1S/C18H20N2O2/c1-12-9-15-11-20(8-6-17(15)22-12)18(21)14-4-5-16-13(10-14)3-2-7-19-16/h2-5,7,10,12,15,17H,6,8-9,11H2,1H3/t12-,15-,17-/m0/s1. The SMILES string of the molecule is C[C@H]1C[C@H]2CN(C(=O)c3ccc4ncccc4c3)CC[C@@H]2O1. The van der Waals surface area contributed by atoms with Gasteiger partial charge in [-0.1, -0.05) is 6.07 Å². The minimum absolute atomic E-state index is 0.128. The van der Waals surface area contributed by atoms with Gasteiger partial charge in [0.1, 0.15) is 0 Å². The molecule has 1 aromatic carbocycles. The minimum atomic E-state index is 0.128. The number of amides is 1. The maximum absolute atomic E-state index is 12.8. The van der Waals surface area contributed by atoms with Gasteiger partial charge in [0.2, 0.25) is 0 Å². The van der Waals surface area contributed by atoms with Crippen molar-refractivity contribution in [2.45, 2.75) is 32.0 Å². The summed E-state index contributed by atoms with van der Waals surface area (Å²) in [7, 11) is 0. The highest BCUT2D eigenvalue weighted by Gasteiger charge is 2.38. The van der Waals surface area contributed by atoms with Gasteiger partial charge in [0, 0.05) is 36.2 Å². The second kappa shape index (κ2) is 5.36. The number of hydrogen-bond acceptors (Lipinski definition) is 3. The van der Waals surface area contributed by atoms with Gasteiger partial charge in [0.25, 0.3) is 5.91 Å². The molecule has 0 N–H and O–H groups in total. The number of nitrogens with zero attached hydrogens (tertiary/aromatic N) is 2. The second-order valence-corrected chi connectivity index (χ2v) is 6.43. The van der Waals surface area contributed by atoms with Crippen LogP contribution in [0.3, 0.4) is 0 Å². The third-order valence-corrected chi connectivity index (χ3v) is 4.84. The van der Waals surface area contributed by atoms with E-state index in [0.717, 1.165) is 42.4 Å². The van der Waals surface area contributed by atoms with Crippen molar-refractivity contribution in [3.05, 3.63) is 42.1 Å². The molecule has 2 fully saturated rings. The number of benzene rings is 1. The lowest BCUT2D eigenvalue weighted by molar-refractivity contribution is 0.00865. The van der Waals surface area contributed by atoms with Crippen molar-refractivity contribution < 1.29 is 9.53 Å². The summed E-state index contributed by atoms with van der Waals surface area (Å²) >= 11 is 0. The van der Waals surface area contributed by atoms with E-state index in [0.29, 0.717) is 18.1 Å². The Balaban J connectivity index is 1.55. The maximum Gasteiger partial charge on any atom is 0.253 e. The van der Waals surface area contributed by atoms with Crippen LogP contribution in [0.4, 0.5) is 0 Å². The zero-order valence-electron chi connectivity index (χ0n) is 12.7. The van der Waals surface area contributed by atoms with E-state index in [2.05, 4.69) is 11.9 Å². The lowest BCUT2D eigenvalue weighted by Crippen LogP contribution is -2.44. The van der Waals surface area contributed by atoms with Crippen molar-refractivity contribution >= 4 is 16.8 Å². The summed E-state index contributed by atoms with van der Waals surface area (Å²) in [5.41, 5.74) is 1.68. The van der Waals surface area contributed by atoms with E-state index in [1.54, 1.807) is 6.20 Å². The van der Waals surface area contributed by atoms with Crippen LogP contribution in [0.25, 0.3) is 10.9 Å². The van der Waals surface area contributed by atoms with Gasteiger partial charge in [-0.3, -0.25) is 9.78 Å². The molecule has 114 valence electrons. The van der Waals surface area contributed by atoms with Gasteiger partial charge in [-0.25, -0.2) is 0 Å². The van der Waals surface area contributed by atoms with E-state index >= 15 is 0 Å². The lowest BCUT2D eigenvalue weighted by atomic mass is 9.92. The Morgan fingerprint density at radius 3 is 3.18 bits per heavy atom. The molecule has 2 saturated heterocycles. The number of carbonyl (C=O) groups excluding carboxylic acids is 1. The molecule has 0 saturated carbocycles. The third-order valence-electron chi connectivity index (χ3n) is 4.84. The second-order valence-electron chi connectivity index (χ2n) is 6.43. The van der Waals surface area contributed by atoms with Gasteiger partial charge in [0.05, 0.1) is 17.7 Å². The summed E-state index contributed by atoms with van der Waals surface area (Å²) in [6, 6.07) is 9.66. The molecule has 4 rings (SSSR count). The van der Waals surface area contributed by atoms with Crippen LogP contribution in [0, 0.1) is 5.92 Å². The van der Waals surface area contributed by atoms with Crippen molar-refractivity contribution in [2.75, 3.05) is 13.1 Å². The number of likely N-dealkylation sites (tertiary alicyclic amines) is 1. The van der Waals surface area contributed by atoms with E-state index in [9.17, 15) is 4.79 Å². The normalized spacial score (nSPS) is 27.9. The summed E-state index contributed by atoms with van der Waals surface area (Å²) < 4.78 is 5.91. The Labute approximate surface area is 130 Å². The van der Waals surface area contributed by atoms with Crippen LogP contribution >= 0.6 is 0 Å². The number of aromatic nitrogens is 1. The van der Waals surface area contributed by atoms with Gasteiger partial charge in [-0.2, -0.15) is 0 Å². The number of carbonyl (C=O) groups is 1. The highest BCUT2D eigenvalue weighted by molar-refractivity contribution is 5.98. The number of piperidine rings is 1. The molecule has 3 heterocycles. The number of rotatable bonds is 1. The smallest absolute Gasteiger partial charge is 0.253 e. The number of pyridine rings is 1. The van der Waals surface area contributed by atoms with Gasteiger partial charge in [-0.15, -0.1) is 0 Å². The van der Waals surface area contributed by atoms with Gasteiger partial charge in [0.15, 0.2) is 0 Å². The molecule has 0 aliphatic carbocycles. The molecular weight excluding hydrogens is 276 g/mol. The van der Waals surface area contributed by atoms with E-state index in [1.807, 2.05) is 35.2 Å². The van der Waals surface area contributed by atoms with E-state index in [4.69, 9.17) is 4.74 Å². The van der Waals surface area contributed by atoms with Crippen LogP contribution in [0.1, 0.15) is 30.1 Å². The van der Waals surface area contributed by atoms with Crippen LogP contribution < -0.4 is 0 Å². The molecule has 2 aliphatic heterocycles. The fraction of sp³-hybridized carbons (Fsp3) is 0.444. The Bertz CT molecular complexity index is 715. The first-order chi connectivity index (χ1) is 10.7. The molecule has 2 aromatic rings. The Morgan fingerprint density at radius 2 is 2.27 bits per heavy atom. The van der Waals surface area contributed by atoms with Crippen LogP contribution in [0.15, 0.2) is 36.5 Å². The molecule has 1 amide bonds. The monoisotopic (exact) mass is 296 g/mol. The van der Waals surface area contributed by atoms with Crippen molar-refractivity contribution in [3.8, 4) is 0 Å². The molecule has 4 nitrogen and oxygen atoms in total. The van der Waals surface area contributed by atoms with Crippen LogP contribution in [-0.4, -0.2) is 41.1 Å². The van der Waals surface area contributed by atoms with Crippen molar-refractivity contribution in [1.82, 2.24) is 9.88 Å². The van der Waals surface area contributed by atoms with Gasteiger partial charge >= 0.3 is 0 Å². The molecule has 1 aromatic heterocycles. The Morgan fingerprint density at radius 1 is 1.36 bits per heavy atom. The summed E-state index contributed by atoms with van der Waals surface area (Å²) in [4.78, 5) is 19.1. The van der Waals surface area contributed by atoms with Crippen molar-refractivity contribution in [3.63, 3.8) is 0 Å². The molecule has 0 unspecified atom stereocenters. The van der Waals surface area contributed by atoms with Crippen LogP contribution in [-0.2, 0) is 4.74 Å². The van der Waals surface area contributed by atoms with Crippen LogP contribution in [0.2, 0.25) is 0 Å². The zero-order valence-corrected chi connectivity index (χ0v) is 12.7. The Hall–Kier alpha value is -1.94. The number of fused-ring (bicyclic) bond motifs is 2.